The molecule has 0 saturated carbocycles. The molecule has 0 radical (unpaired) electrons. The zero-order chi connectivity index (χ0) is 18.3. The van der Waals surface area contributed by atoms with E-state index < -0.39 is 10.4 Å². The molecule has 3 rings (SSSR count). The highest BCUT2D eigenvalue weighted by atomic mass is 32.3. The minimum Gasteiger partial charge on any atom is -0.726 e. The topological polar surface area (TPSA) is 82.3 Å². The maximum absolute atomic E-state index is 9.22. The molecule has 6 nitrogen and oxygen atoms in total. The van der Waals surface area contributed by atoms with Gasteiger partial charge in [-0.3, -0.25) is 4.18 Å². The zero-order valence-electron chi connectivity index (χ0n) is 13.7. The number of benzene rings is 2. The first-order valence-corrected chi connectivity index (χ1v) is 9.43. The van der Waals surface area contributed by atoms with Crippen molar-refractivity contribution >= 4 is 43.7 Å². The van der Waals surface area contributed by atoms with Gasteiger partial charge in [0.25, 0.3) is 5.01 Å². The van der Waals surface area contributed by atoms with Crippen LogP contribution in [-0.4, -0.2) is 20.1 Å². The predicted octanol–water partition coefficient (Wildman–Crippen LogP) is 2.90. The molecule has 0 atom stereocenters. The molecule has 3 aromatic rings. The van der Waals surface area contributed by atoms with Crippen LogP contribution in [0, 0.1) is 0 Å². The normalized spacial score (nSPS) is 11.3. The second-order valence-corrected chi connectivity index (χ2v) is 7.10. The Morgan fingerprint density at radius 2 is 1.72 bits per heavy atom. The summed E-state index contributed by atoms with van der Waals surface area (Å²) in [6, 6.07) is 18.6. The lowest BCUT2D eigenvalue weighted by Gasteiger charge is -1.98. The van der Waals surface area contributed by atoms with Crippen LogP contribution in [0.2, 0.25) is 0 Å². The summed E-state index contributed by atoms with van der Waals surface area (Å²) in [5, 5.41) is 4.50. The summed E-state index contributed by atoms with van der Waals surface area (Å²) in [7, 11) is -1.51. The third-order valence-corrected chi connectivity index (χ3v) is 4.82. The van der Waals surface area contributed by atoms with Gasteiger partial charge in [-0.25, -0.2) is 8.42 Å². The van der Waals surface area contributed by atoms with Crippen molar-refractivity contribution in [1.82, 2.24) is 0 Å². The summed E-state index contributed by atoms with van der Waals surface area (Å²) in [6.07, 6.45) is 4.09. The molecule has 1 aromatic heterocycles. The van der Waals surface area contributed by atoms with Crippen molar-refractivity contribution in [1.29, 1.82) is 0 Å². The highest BCUT2D eigenvalue weighted by Gasteiger charge is 2.12. The van der Waals surface area contributed by atoms with Crippen LogP contribution in [0.1, 0.15) is 5.01 Å². The zero-order valence-corrected chi connectivity index (χ0v) is 15.4. The lowest BCUT2D eigenvalue weighted by atomic mass is 10.3. The van der Waals surface area contributed by atoms with Gasteiger partial charge in [0.15, 0.2) is 0 Å². The Labute approximate surface area is 151 Å². The lowest BCUT2D eigenvalue weighted by molar-refractivity contribution is -0.642. The molecular weight excluding hydrogens is 360 g/mol. The van der Waals surface area contributed by atoms with Crippen LogP contribution in [0.5, 0.6) is 0 Å². The Hall–Kier alpha value is -2.26. The van der Waals surface area contributed by atoms with Crippen molar-refractivity contribution in [3.8, 4) is 0 Å². The molecule has 8 heteroatoms. The van der Waals surface area contributed by atoms with Crippen molar-refractivity contribution < 1.29 is 21.7 Å². The fourth-order valence-corrected chi connectivity index (χ4v) is 3.06. The predicted molar refractivity (Wildman–Crippen MR) is 98.8 cm³/mol. The first kappa shape index (κ1) is 19.1. The molecule has 0 amide bonds. The van der Waals surface area contributed by atoms with Gasteiger partial charge in [-0.2, -0.15) is 4.57 Å². The molecule has 0 bridgehead atoms. The van der Waals surface area contributed by atoms with Crippen molar-refractivity contribution in [2.45, 2.75) is 0 Å². The maximum Gasteiger partial charge on any atom is 0.263 e. The molecule has 25 heavy (non-hydrogen) atoms. The van der Waals surface area contributed by atoms with E-state index >= 15 is 0 Å². The van der Waals surface area contributed by atoms with E-state index in [-0.39, 0.29) is 0 Å². The fraction of sp³-hybridized carbons (Fsp3) is 0.118. The fourth-order valence-electron chi connectivity index (χ4n) is 2.01. The van der Waals surface area contributed by atoms with E-state index in [1.807, 2.05) is 24.4 Å². The van der Waals surface area contributed by atoms with Crippen molar-refractivity contribution in [3.63, 3.8) is 0 Å². The number of fused-ring (bicyclic) bond motifs is 1. The summed E-state index contributed by atoms with van der Waals surface area (Å²) in [6.45, 7) is 0. The minimum atomic E-state index is -4.41. The molecular formula is C17H18N2O4S2. The maximum atomic E-state index is 9.22. The van der Waals surface area contributed by atoms with Gasteiger partial charge in [-0.05, 0) is 18.2 Å². The lowest BCUT2D eigenvalue weighted by Crippen LogP contribution is -2.28. The second-order valence-electron chi connectivity index (χ2n) is 4.89. The molecule has 0 unspecified atom stereocenters. The number of anilines is 1. The van der Waals surface area contributed by atoms with Crippen LogP contribution in [0.4, 0.5) is 5.69 Å². The number of rotatable bonds is 4. The third-order valence-electron chi connectivity index (χ3n) is 3.23. The molecule has 0 aliphatic heterocycles. The number of hydrogen-bond acceptors (Lipinski definition) is 6. The van der Waals surface area contributed by atoms with E-state index in [1.165, 1.54) is 15.2 Å². The Bertz CT molecular complexity index is 951. The number of thiazole rings is 1. The molecule has 0 aliphatic rings. The molecule has 1 N–H and O–H groups in total. The summed E-state index contributed by atoms with van der Waals surface area (Å²) in [4.78, 5) is 0. The van der Waals surface area contributed by atoms with E-state index in [2.05, 4.69) is 63.6 Å². The monoisotopic (exact) mass is 378 g/mol. The molecule has 132 valence electrons. The van der Waals surface area contributed by atoms with Gasteiger partial charge in [-0.1, -0.05) is 41.7 Å². The van der Waals surface area contributed by atoms with Gasteiger partial charge in [0.2, 0.25) is 15.9 Å². The third kappa shape index (κ3) is 5.95. The SMILES string of the molecule is COS(=O)(=O)[O-].C[n+]1c(C=CNc2ccccc2)sc2ccccc21. The van der Waals surface area contributed by atoms with Crippen molar-refractivity contribution in [2.75, 3.05) is 12.4 Å². The van der Waals surface area contributed by atoms with Crippen LogP contribution >= 0.6 is 11.3 Å². The van der Waals surface area contributed by atoms with Crippen LogP contribution in [0.3, 0.4) is 0 Å². The highest BCUT2D eigenvalue weighted by molar-refractivity contribution is 7.80. The van der Waals surface area contributed by atoms with E-state index in [1.54, 1.807) is 11.3 Å². The van der Waals surface area contributed by atoms with Gasteiger partial charge in [-0.15, -0.1) is 0 Å². The first-order valence-electron chi connectivity index (χ1n) is 7.28. The molecule has 0 fully saturated rings. The molecule has 2 aromatic carbocycles. The van der Waals surface area contributed by atoms with Gasteiger partial charge >= 0.3 is 0 Å². The number of nitrogens with one attached hydrogen (secondary N) is 1. The number of aryl methyl sites for hydroxylation is 1. The molecule has 0 aliphatic carbocycles. The quantitative estimate of drug-likeness (QED) is 0.429. The number of nitrogens with zero attached hydrogens (tertiary/aromatic N) is 1. The van der Waals surface area contributed by atoms with Gasteiger partial charge in [0.1, 0.15) is 11.7 Å². The summed E-state index contributed by atoms with van der Waals surface area (Å²) in [5.74, 6) is 0. The molecule has 0 spiro atoms. The second kappa shape index (κ2) is 8.72. The van der Waals surface area contributed by atoms with E-state index in [9.17, 15) is 13.0 Å². The van der Waals surface area contributed by atoms with Crippen molar-refractivity contribution in [3.05, 3.63) is 65.8 Å². The first-order chi connectivity index (χ1) is 11.9. The van der Waals surface area contributed by atoms with Gasteiger partial charge in [0.05, 0.1) is 7.11 Å². The average molecular weight is 378 g/mol. The van der Waals surface area contributed by atoms with E-state index in [4.69, 9.17) is 0 Å². The van der Waals surface area contributed by atoms with E-state index in [0.717, 1.165) is 12.8 Å². The Balaban J connectivity index is 0.000000326. The number of aromatic nitrogens is 1. The van der Waals surface area contributed by atoms with Crippen LogP contribution in [-0.2, 0) is 21.6 Å². The van der Waals surface area contributed by atoms with Crippen molar-refractivity contribution in [2.24, 2.45) is 7.05 Å². The smallest absolute Gasteiger partial charge is 0.263 e. The van der Waals surface area contributed by atoms with Crippen LogP contribution < -0.4 is 9.88 Å². The summed E-state index contributed by atoms with van der Waals surface area (Å²) < 4.78 is 34.5. The van der Waals surface area contributed by atoms with Gasteiger partial charge in [0, 0.05) is 24.0 Å². The minimum absolute atomic E-state index is 0.808. The van der Waals surface area contributed by atoms with E-state index in [0.29, 0.717) is 0 Å². The Kier molecular flexibility index (Phi) is 6.65. The molecule has 1 heterocycles. The Morgan fingerprint density at radius 1 is 1.12 bits per heavy atom. The molecule has 0 saturated heterocycles. The van der Waals surface area contributed by atoms with Crippen LogP contribution in [0.15, 0.2) is 60.8 Å². The highest BCUT2D eigenvalue weighted by Crippen LogP contribution is 2.20. The standard InChI is InChI=1S/C16H14N2S.CH4O4S/c1-18-14-9-5-6-10-15(14)19-16(18)11-12-17-13-7-3-2-4-8-13;1-5-6(2,3)4/h2-12H,1H3;1H3,(H,2,3,4). The summed E-state index contributed by atoms with van der Waals surface area (Å²) >= 11 is 1.80. The number of para-hydroxylation sites is 2. The van der Waals surface area contributed by atoms with Gasteiger partial charge < -0.3 is 9.87 Å². The largest absolute Gasteiger partial charge is 0.726 e. The average Bonchev–Trinajstić information content (AvgIpc) is 2.92. The summed E-state index contributed by atoms with van der Waals surface area (Å²) in [5.41, 5.74) is 2.37. The Morgan fingerprint density at radius 3 is 2.32 bits per heavy atom. The number of hydrogen-bond donors (Lipinski definition) is 1. The van der Waals surface area contributed by atoms with Crippen LogP contribution in [0.25, 0.3) is 16.3 Å².